The third-order valence-corrected chi connectivity index (χ3v) is 5.61. The number of halogens is 2. The van der Waals surface area contributed by atoms with Crippen LogP contribution in [0.15, 0.2) is 49.1 Å². The number of imidazole rings is 1. The lowest BCUT2D eigenvalue weighted by molar-refractivity contribution is -0.122. The Morgan fingerprint density at radius 3 is 2.72 bits per heavy atom. The van der Waals surface area contributed by atoms with Crippen LogP contribution in [0.1, 0.15) is 6.42 Å². The summed E-state index contributed by atoms with van der Waals surface area (Å²) in [6, 6.07) is 9.46. The molecule has 1 fully saturated rings. The second-order valence-corrected chi connectivity index (χ2v) is 8.09. The highest BCUT2D eigenvalue weighted by Gasteiger charge is 2.23. The molecule has 1 unspecified atom stereocenters. The maximum Gasteiger partial charge on any atom is 0.240 e. The van der Waals surface area contributed by atoms with Crippen molar-refractivity contribution < 1.29 is 4.79 Å². The lowest BCUT2D eigenvalue weighted by atomic mass is 10.1. The van der Waals surface area contributed by atoms with Gasteiger partial charge in [-0.15, -0.1) is 0 Å². The van der Waals surface area contributed by atoms with Crippen molar-refractivity contribution in [3.63, 3.8) is 0 Å². The summed E-state index contributed by atoms with van der Waals surface area (Å²) in [7, 11) is 2.06. The molecule has 1 aliphatic heterocycles. The molecule has 1 N–H and O–H groups in total. The van der Waals surface area contributed by atoms with Crippen LogP contribution in [0.25, 0.3) is 22.5 Å². The van der Waals surface area contributed by atoms with E-state index < -0.39 is 0 Å². The van der Waals surface area contributed by atoms with E-state index in [1.54, 1.807) is 18.7 Å². The summed E-state index contributed by atoms with van der Waals surface area (Å²) < 4.78 is 1.83. The topological polar surface area (TPSA) is 63.1 Å². The van der Waals surface area contributed by atoms with Gasteiger partial charge in [0.1, 0.15) is 6.54 Å². The highest BCUT2D eigenvalue weighted by Crippen LogP contribution is 2.35. The predicted molar refractivity (Wildman–Crippen MR) is 115 cm³/mol. The van der Waals surface area contributed by atoms with Crippen molar-refractivity contribution in [2.75, 3.05) is 20.1 Å². The summed E-state index contributed by atoms with van der Waals surface area (Å²) in [5.74, 6) is -0.0446. The number of likely N-dealkylation sites (tertiary alicyclic amines) is 1. The SMILES string of the molecule is CN1CCC(NC(=O)Cn2cnc(-c3ccc(Cl)cc3)c2-c2ccncc2Cl)C1. The summed E-state index contributed by atoms with van der Waals surface area (Å²) in [6.07, 6.45) is 5.91. The molecule has 6 nitrogen and oxygen atoms in total. The maximum absolute atomic E-state index is 12.7. The molecule has 1 saturated heterocycles. The molecule has 0 spiro atoms. The third-order valence-electron chi connectivity index (χ3n) is 5.05. The number of aromatic nitrogens is 3. The molecule has 29 heavy (non-hydrogen) atoms. The summed E-state index contributed by atoms with van der Waals surface area (Å²) in [6.45, 7) is 2.03. The quantitative estimate of drug-likeness (QED) is 0.670. The van der Waals surface area contributed by atoms with E-state index in [9.17, 15) is 4.79 Å². The number of nitrogens with zero attached hydrogens (tertiary/aromatic N) is 4. The minimum Gasteiger partial charge on any atom is -0.350 e. The number of rotatable bonds is 5. The van der Waals surface area contributed by atoms with Crippen LogP contribution in [0, 0.1) is 0 Å². The molecule has 3 heterocycles. The number of amides is 1. The minimum absolute atomic E-state index is 0.0446. The first-order chi connectivity index (χ1) is 14.0. The van der Waals surface area contributed by atoms with Gasteiger partial charge in [0.15, 0.2) is 0 Å². The Labute approximate surface area is 179 Å². The summed E-state index contributed by atoms with van der Waals surface area (Å²) >= 11 is 12.5. The normalized spacial score (nSPS) is 16.9. The number of benzene rings is 1. The van der Waals surface area contributed by atoms with E-state index in [0.717, 1.165) is 42.0 Å². The minimum atomic E-state index is -0.0446. The van der Waals surface area contributed by atoms with Crippen molar-refractivity contribution in [2.45, 2.75) is 19.0 Å². The third kappa shape index (κ3) is 4.45. The van der Waals surface area contributed by atoms with Crippen LogP contribution in [0.3, 0.4) is 0 Å². The zero-order valence-corrected chi connectivity index (χ0v) is 17.5. The number of pyridine rings is 1. The van der Waals surface area contributed by atoms with Crippen LogP contribution >= 0.6 is 23.2 Å². The van der Waals surface area contributed by atoms with Crippen molar-refractivity contribution in [2.24, 2.45) is 0 Å². The van der Waals surface area contributed by atoms with Crippen molar-refractivity contribution in [3.05, 3.63) is 59.1 Å². The molecule has 8 heteroatoms. The summed E-state index contributed by atoms with van der Waals surface area (Å²) in [5.41, 5.74) is 3.19. The van der Waals surface area contributed by atoms with Crippen molar-refractivity contribution in [1.29, 1.82) is 0 Å². The largest absolute Gasteiger partial charge is 0.350 e. The second-order valence-electron chi connectivity index (χ2n) is 7.25. The van der Waals surface area contributed by atoms with Gasteiger partial charge in [-0.25, -0.2) is 4.98 Å². The lowest BCUT2D eigenvalue weighted by Gasteiger charge is -2.15. The molecule has 1 aromatic carbocycles. The smallest absolute Gasteiger partial charge is 0.240 e. The molecule has 1 amide bonds. The Morgan fingerprint density at radius 2 is 2.03 bits per heavy atom. The predicted octanol–water partition coefficient (Wildman–Crippen LogP) is 3.74. The van der Waals surface area contributed by atoms with E-state index in [4.69, 9.17) is 23.2 Å². The van der Waals surface area contributed by atoms with E-state index >= 15 is 0 Å². The fourth-order valence-corrected chi connectivity index (χ4v) is 3.99. The molecule has 3 aromatic rings. The van der Waals surface area contributed by atoms with Crippen molar-refractivity contribution in [3.8, 4) is 22.5 Å². The number of carbonyl (C=O) groups excluding carboxylic acids is 1. The molecule has 2 aromatic heterocycles. The molecular weight excluding hydrogens is 409 g/mol. The number of hydrogen-bond acceptors (Lipinski definition) is 4. The van der Waals surface area contributed by atoms with Gasteiger partial charge >= 0.3 is 0 Å². The van der Waals surface area contributed by atoms with E-state index in [1.165, 1.54) is 0 Å². The molecule has 1 atom stereocenters. The van der Waals surface area contributed by atoms with E-state index in [-0.39, 0.29) is 18.5 Å². The van der Waals surface area contributed by atoms with Gasteiger partial charge in [0.25, 0.3) is 0 Å². The Hall–Kier alpha value is -2.41. The molecule has 150 valence electrons. The Balaban J connectivity index is 1.67. The number of hydrogen-bond donors (Lipinski definition) is 1. The van der Waals surface area contributed by atoms with Gasteiger partial charge in [0.2, 0.25) is 5.91 Å². The van der Waals surface area contributed by atoms with Gasteiger partial charge in [0.05, 0.1) is 22.7 Å². The standard InChI is InChI=1S/C21H21Cl2N5O/c1-27-9-7-16(11-27)26-19(29)12-28-13-25-20(14-2-4-15(22)5-3-14)21(28)17-6-8-24-10-18(17)23/h2-6,8,10,13,16H,7,9,11-12H2,1H3,(H,26,29). The van der Waals surface area contributed by atoms with Crippen LogP contribution in [-0.4, -0.2) is 51.5 Å². The number of carbonyl (C=O) groups is 1. The molecular formula is C21H21Cl2N5O. The van der Waals surface area contributed by atoms with Gasteiger partial charge in [-0.2, -0.15) is 0 Å². The highest BCUT2D eigenvalue weighted by molar-refractivity contribution is 6.33. The lowest BCUT2D eigenvalue weighted by Crippen LogP contribution is -2.38. The molecule has 0 saturated carbocycles. The van der Waals surface area contributed by atoms with E-state index in [0.29, 0.717) is 10.0 Å². The van der Waals surface area contributed by atoms with Crippen molar-refractivity contribution in [1.82, 2.24) is 24.8 Å². The van der Waals surface area contributed by atoms with E-state index in [2.05, 4.69) is 27.2 Å². The highest BCUT2D eigenvalue weighted by atomic mass is 35.5. The molecule has 4 rings (SSSR count). The van der Waals surface area contributed by atoms with E-state index in [1.807, 2.05) is 34.9 Å². The first-order valence-corrected chi connectivity index (χ1v) is 10.2. The summed E-state index contributed by atoms with van der Waals surface area (Å²) in [4.78, 5) is 23.6. The van der Waals surface area contributed by atoms with Gasteiger partial charge in [-0.05, 0) is 38.2 Å². The van der Waals surface area contributed by atoms with Crippen LogP contribution in [-0.2, 0) is 11.3 Å². The summed E-state index contributed by atoms with van der Waals surface area (Å²) in [5, 5.41) is 4.27. The number of nitrogens with one attached hydrogen (secondary N) is 1. The average Bonchev–Trinajstić information content (AvgIpc) is 3.29. The van der Waals surface area contributed by atoms with Crippen LogP contribution in [0.4, 0.5) is 0 Å². The fourth-order valence-electron chi connectivity index (χ4n) is 3.65. The molecule has 0 aliphatic carbocycles. The van der Waals surface area contributed by atoms with Gasteiger partial charge in [-0.1, -0.05) is 35.3 Å². The zero-order chi connectivity index (χ0) is 20.4. The van der Waals surface area contributed by atoms with Gasteiger partial charge in [0, 0.05) is 41.1 Å². The second kappa shape index (κ2) is 8.53. The molecule has 0 bridgehead atoms. The van der Waals surface area contributed by atoms with Crippen LogP contribution in [0.2, 0.25) is 10.0 Å². The molecule has 1 aliphatic rings. The van der Waals surface area contributed by atoms with Gasteiger partial charge < -0.3 is 14.8 Å². The van der Waals surface area contributed by atoms with Crippen LogP contribution in [0.5, 0.6) is 0 Å². The Kier molecular flexibility index (Phi) is 5.85. The van der Waals surface area contributed by atoms with Crippen LogP contribution < -0.4 is 5.32 Å². The maximum atomic E-state index is 12.7. The first-order valence-electron chi connectivity index (χ1n) is 9.40. The Morgan fingerprint density at radius 1 is 1.24 bits per heavy atom. The average molecular weight is 430 g/mol. The van der Waals surface area contributed by atoms with Crippen molar-refractivity contribution >= 4 is 29.1 Å². The molecule has 0 radical (unpaired) electrons. The monoisotopic (exact) mass is 429 g/mol. The first kappa shape index (κ1) is 19.9. The Bertz CT molecular complexity index is 1020. The zero-order valence-electron chi connectivity index (χ0n) is 16.0. The fraction of sp³-hybridized carbons (Fsp3) is 0.286. The van der Waals surface area contributed by atoms with Gasteiger partial charge in [-0.3, -0.25) is 9.78 Å². The number of likely N-dealkylation sites (N-methyl/N-ethyl adjacent to an activating group) is 1.